The molecule has 30 heavy (non-hydrogen) atoms. The van der Waals surface area contributed by atoms with Crippen LogP contribution in [0, 0.1) is 0 Å². The molecule has 2 aromatic carbocycles. The van der Waals surface area contributed by atoms with Gasteiger partial charge in [-0.15, -0.1) is 24.8 Å². The van der Waals surface area contributed by atoms with Crippen LogP contribution in [0.4, 0.5) is 0 Å². The largest absolute Gasteiger partial charge is 0.147 e. The van der Waals surface area contributed by atoms with Crippen molar-refractivity contribution < 1.29 is 17.4 Å². The zero-order chi connectivity index (χ0) is 20.4. The molecule has 2 aliphatic carbocycles. The summed E-state index contributed by atoms with van der Waals surface area (Å²) < 4.78 is 4.03. The third kappa shape index (κ3) is 3.08. The Balaban J connectivity index is 0.00000160. The van der Waals surface area contributed by atoms with Gasteiger partial charge in [0.2, 0.25) is 0 Å². The number of benzene rings is 2. The molecule has 0 fully saturated rings. The van der Waals surface area contributed by atoms with E-state index in [-0.39, 0.29) is 31.1 Å². The molecule has 0 N–H and O–H groups in total. The van der Waals surface area contributed by atoms with Crippen molar-refractivity contribution in [2.45, 2.75) is 60.6 Å². The Bertz CT molecular complexity index is 1080. The molecule has 0 aromatic heterocycles. The predicted octanol–water partition coefficient (Wildman–Crippen LogP) is 7.25. The SMILES string of the molecule is C[C](C)(C)[Zr](=[SiH2])([C]1=CC=CC1)([c]1cccc2c1Cc1ccccc1-2)[C](C)(C)C.Cl.Cl. The van der Waals surface area contributed by atoms with Crippen LogP contribution in [0.3, 0.4) is 0 Å². The maximum Gasteiger partial charge on any atom is -0.147 e. The molecule has 4 rings (SSSR count). The first-order valence-electron chi connectivity index (χ1n) is 10.6. The van der Waals surface area contributed by atoms with E-state index in [1.54, 1.807) is 12.1 Å². The molecule has 0 saturated carbocycles. The number of allylic oxidation sites excluding steroid dienone is 4. The van der Waals surface area contributed by atoms with E-state index in [4.69, 9.17) is 0 Å². The van der Waals surface area contributed by atoms with Gasteiger partial charge in [-0.1, -0.05) is 0 Å². The Labute approximate surface area is 197 Å². The monoisotopic (exact) mass is 536 g/mol. The van der Waals surface area contributed by atoms with Gasteiger partial charge >= 0.3 is 174 Å². The summed E-state index contributed by atoms with van der Waals surface area (Å²) in [4.78, 5) is 0. The van der Waals surface area contributed by atoms with Crippen LogP contribution >= 0.6 is 24.8 Å². The molecule has 162 valence electrons. The second-order valence-electron chi connectivity index (χ2n) is 10.9. The normalized spacial score (nSPS) is 15.6. The van der Waals surface area contributed by atoms with E-state index in [9.17, 15) is 0 Å². The van der Waals surface area contributed by atoms with Crippen molar-refractivity contribution in [3.63, 3.8) is 0 Å². The summed E-state index contributed by atoms with van der Waals surface area (Å²) in [5.74, 6) is 0. The van der Waals surface area contributed by atoms with Crippen LogP contribution in [-0.4, -0.2) is 6.88 Å². The molecule has 0 spiro atoms. The minimum Gasteiger partial charge on any atom is -0.147 e. The van der Waals surface area contributed by atoms with Gasteiger partial charge in [0, 0.05) is 0 Å². The van der Waals surface area contributed by atoms with Gasteiger partial charge in [0.1, 0.15) is 0 Å². The Hall–Kier alpha value is -0.400. The molecule has 0 unspecified atom stereocenters. The summed E-state index contributed by atoms with van der Waals surface area (Å²) in [6.07, 6.45) is 9.42. The smallest absolute Gasteiger partial charge is 0.147 e. The van der Waals surface area contributed by atoms with Gasteiger partial charge in [0.05, 0.1) is 0 Å². The predicted molar refractivity (Wildman–Crippen MR) is 139 cm³/mol. The summed E-state index contributed by atoms with van der Waals surface area (Å²) >= 11 is -3.76. The maximum absolute atomic E-state index is 3.76. The molecule has 0 atom stereocenters. The van der Waals surface area contributed by atoms with Crippen LogP contribution in [0.25, 0.3) is 11.1 Å². The number of fused-ring (bicyclic) bond motifs is 3. The average molecular weight is 539 g/mol. The summed E-state index contributed by atoms with van der Waals surface area (Å²) in [6.45, 7) is 17.7. The first kappa shape index (κ1) is 25.9. The van der Waals surface area contributed by atoms with E-state index < -0.39 is 17.4 Å². The van der Waals surface area contributed by atoms with E-state index in [0.717, 1.165) is 12.8 Å². The van der Waals surface area contributed by atoms with Gasteiger partial charge in [0.25, 0.3) is 0 Å². The van der Waals surface area contributed by atoms with Crippen molar-refractivity contribution in [1.82, 2.24) is 0 Å². The molecule has 0 saturated heterocycles. The quantitative estimate of drug-likeness (QED) is 0.302. The maximum atomic E-state index is 2.54. The Morgan fingerprint density at radius 1 is 0.800 bits per heavy atom. The first-order chi connectivity index (χ1) is 13.0. The van der Waals surface area contributed by atoms with Gasteiger partial charge in [-0.3, -0.25) is 0 Å². The standard InChI is InChI=1S/C13H9.C5H5.2C4H9.2ClH.H2Si.Zr/c1-3-7-12-10(5-1)9-11-6-2-4-8-13(11)12;1-2-4-5-3-1;2*1-4(2)3;;;;/h1-5,7-8H,9H2;1-3H,4H2;2*1-3H3;2*1H;1H2;. The molecule has 0 aliphatic heterocycles. The molecule has 0 bridgehead atoms. The summed E-state index contributed by atoms with van der Waals surface area (Å²) in [5.41, 5.74) is 6.06. The van der Waals surface area contributed by atoms with E-state index in [1.807, 2.05) is 0 Å². The summed E-state index contributed by atoms with van der Waals surface area (Å²) in [5, 5.41) is 0. The van der Waals surface area contributed by atoms with Gasteiger partial charge in [-0.2, -0.15) is 0 Å². The fourth-order valence-electron chi connectivity index (χ4n) is 6.60. The Morgan fingerprint density at radius 3 is 1.97 bits per heavy atom. The number of hydrogen-bond acceptors (Lipinski definition) is 0. The molecule has 2 aromatic rings. The van der Waals surface area contributed by atoms with Gasteiger partial charge < -0.3 is 0 Å². The van der Waals surface area contributed by atoms with E-state index in [1.165, 1.54) is 16.7 Å². The third-order valence-corrected chi connectivity index (χ3v) is 50.5. The summed E-state index contributed by atoms with van der Waals surface area (Å²) in [7, 11) is 0. The van der Waals surface area contributed by atoms with Crippen molar-refractivity contribution in [2.75, 3.05) is 0 Å². The fourth-order valence-corrected chi connectivity index (χ4v) is 31.1. The number of rotatable bonds is 2. The molecular formula is C26H36Cl2SiZr. The Kier molecular flexibility index (Phi) is 7.05. The van der Waals surface area contributed by atoms with Crippen molar-refractivity contribution in [3.8, 4) is 11.1 Å². The zero-order valence-corrected chi connectivity index (χ0v) is 24.7. The zero-order valence-electron chi connectivity index (χ0n) is 19.2. The minimum atomic E-state index is -3.76. The second kappa shape index (κ2) is 8.18. The van der Waals surface area contributed by atoms with E-state index in [2.05, 4.69) is 109 Å². The molecule has 2 aliphatic rings. The van der Waals surface area contributed by atoms with Crippen molar-refractivity contribution >= 4 is 35.0 Å². The molecular weight excluding hydrogens is 503 g/mol. The fraction of sp³-hybridized carbons (Fsp3) is 0.385. The van der Waals surface area contributed by atoms with Gasteiger partial charge in [-0.25, -0.2) is 0 Å². The second-order valence-corrected chi connectivity index (χ2v) is 36.8. The molecule has 0 radical (unpaired) electrons. The number of halogens is 2. The van der Waals surface area contributed by atoms with Gasteiger partial charge in [-0.05, 0) is 0 Å². The van der Waals surface area contributed by atoms with E-state index in [0.29, 0.717) is 0 Å². The van der Waals surface area contributed by atoms with Crippen molar-refractivity contribution in [2.24, 2.45) is 0 Å². The molecule has 4 heteroatoms. The summed E-state index contributed by atoms with van der Waals surface area (Å²) in [6, 6.07) is 16.3. The van der Waals surface area contributed by atoms with E-state index >= 15 is 0 Å². The van der Waals surface area contributed by atoms with Crippen molar-refractivity contribution in [1.29, 1.82) is 0 Å². The van der Waals surface area contributed by atoms with Gasteiger partial charge in [0.15, 0.2) is 0 Å². The van der Waals surface area contributed by atoms with Crippen molar-refractivity contribution in [3.05, 3.63) is 75.1 Å². The average Bonchev–Trinajstić information content (AvgIpc) is 3.26. The minimum absolute atomic E-state index is 0. The van der Waals surface area contributed by atoms with Crippen LogP contribution in [0.1, 0.15) is 59.1 Å². The third-order valence-electron chi connectivity index (χ3n) is 8.24. The first-order valence-corrected chi connectivity index (χ1v) is 21.4. The molecule has 0 nitrogen and oxygen atoms in total. The number of hydrogen-bond donors (Lipinski definition) is 0. The molecule has 0 amide bonds. The van der Waals surface area contributed by atoms with Crippen LogP contribution in [0.5, 0.6) is 0 Å². The van der Waals surface area contributed by atoms with Crippen LogP contribution in [0.2, 0.25) is 6.25 Å². The molecule has 0 heterocycles. The van der Waals surface area contributed by atoms with Crippen LogP contribution < -0.4 is 3.27 Å². The topological polar surface area (TPSA) is 0 Å². The Morgan fingerprint density at radius 2 is 1.40 bits per heavy atom. The van der Waals surface area contributed by atoms with Crippen LogP contribution in [-0.2, 0) is 23.8 Å². The van der Waals surface area contributed by atoms with Crippen LogP contribution in [0.15, 0.2) is 64.0 Å².